The van der Waals surface area contributed by atoms with E-state index in [1.165, 1.54) is 11.8 Å². The molecule has 0 aliphatic carbocycles. The van der Waals surface area contributed by atoms with Crippen molar-refractivity contribution in [2.45, 2.75) is 25.5 Å². The number of nitrogens with zero attached hydrogens (tertiary/aromatic N) is 3. The van der Waals surface area contributed by atoms with Crippen LogP contribution in [-0.2, 0) is 11.3 Å². The van der Waals surface area contributed by atoms with Gasteiger partial charge in [-0.2, -0.15) is 5.10 Å². The second-order valence-corrected chi connectivity index (χ2v) is 7.52. The van der Waals surface area contributed by atoms with E-state index in [-0.39, 0.29) is 11.7 Å². The quantitative estimate of drug-likeness (QED) is 0.356. The number of benzene rings is 2. The number of rotatable bonds is 6. The summed E-state index contributed by atoms with van der Waals surface area (Å²) in [6, 6.07) is 15.8. The number of amides is 1. The number of thioether (sulfide) groups is 1. The van der Waals surface area contributed by atoms with Gasteiger partial charge in [0, 0.05) is 11.0 Å². The Labute approximate surface area is 165 Å². The minimum absolute atomic E-state index is 0.154. The van der Waals surface area contributed by atoms with E-state index in [1.54, 1.807) is 0 Å². The van der Waals surface area contributed by atoms with Crippen molar-refractivity contribution in [3.63, 3.8) is 0 Å². The number of hydrogen-bond donors (Lipinski definition) is 1. The van der Waals surface area contributed by atoms with Crippen molar-refractivity contribution in [2.75, 3.05) is 5.75 Å². The molecule has 1 N–H and O–H groups in total. The van der Waals surface area contributed by atoms with E-state index in [9.17, 15) is 4.79 Å². The van der Waals surface area contributed by atoms with Gasteiger partial charge >= 0.3 is 0 Å². The predicted molar refractivity (Wildman–Crippen MR) is 111 cm³/mol. The maximum Gasteiger partial charge on any atom is 0.250 e. The number of imidazole rings is 1. The van der Waals surface area contributed by atoms with E-state index in [2.05, 4.69) is 42.9 Å². The molecule has 1 amide bonds. The van der Waals surface area contributed by atoms with E-state index < -0.39 is 0 Å². The minimum atomic E-state index is -0.154. The van der Waals surface area contributed by atoms with E-state index in [0.29, 0.717) is 0 Å². The third kappa shape index (κ3) is 4.34. The fraction of sp³-hybridized carbons (Fsp3) is 0.211. The van der Waals surface area contributed by atoms with E-state index in [4.69, 9.17) is 0 Å². The van der Waals surface area contributed by atoms with Crippen molar-refractivity contribution in [3.05, 3.63) is 58.6 Å². The summed E-state index contributed by atoms with van der Waals surface area (Å²) in [5.41, 5.74) is 6.36. The molecule has 0 aliphatic heterocycles. The summed E-state index contributed by atoms with van der Waals surface area (Å²) in [6.07, 6.45) is 0. The largest absolute Gasteiger partial charge is 0.319 e. The van der Waals surface area contributed by atoms with Crippen LogP contribution >= 0.6 is 27.7 Å². The highest BCUT2D eigenvalue weighted by Crippen LogP contribution is 2.23. The number of aromatic nitrogens is 2. The van der Waals surface area contributed by atoms with Gasteiger partial charge in [-0.3, -0.25) is 4.79 Å². The zero-order chi connectivity index (χ0) is 18.5. The monoisotopic (exact) mass is 430 g/mol. The number of fused-ring (bicyclic) bond motifs is 1. The lowest BCUT2D eigenvalue weighted by Gasteiger charge is -2.06. The second-order valence-electron chi connectivity index (χ2n) is 5.66. The predicted octanol–water partition coefficient (Wildman–Crippen LogP) is 4.45. The summed E-state index contributed by atoms with van der Waals surface area (Å²) < 4.78 is 3.09. The van der Waals surface area contributed by atoms with Crippen LogP contribution in [-0.4, -0.2) is 26.9 Å². The molecule has 0 saturated carbocycles. The van der Waals surface area contributed by atoms with Crippen LogP contribution in [0, 0.1) is 0 Å². The molecule has 3 aromatic rings. The lowest BCUT2D eigenvalue weighted by atomic mass is 10.1. The molecule has 0 unspecified atom stereocenters. The Kier molecular flexibility index (Phi) is 6.11. The highest BCUT2D eigenvalue weighted by molar-refractivity contribution is 9.10. The Morgan fingerprint density at radius 2 is 2.08 bits per heavy atom. The first-order valence-electron chi connectivity index (χ1n) is 8.25. The van der Waals surface area contributed by atoms with Crippen LogP contribution in [0.5, 0.6) is 0 Å². The molecule has 0 bridgehead atoms. The Morgan fingerprint density at radius 3 is 2.85 bits per heavy atom. The van der Waals surface area contributed by atoms with Crippen molar-refractivity contribution in [1.29, 1.82) is 0 Å². The number of hydrazone groups is 1. The summed E-state index contributed by atoms with van der Waals surface area (Å²) in [4.78, 5) is 16.8. The maximum atomic E-state index is 12.1. The molecule has 0 aliphatic rings. The van der Waals surface area contributed by atoms with Crippen molar-refractivity contribution in [1.82, 2.24) is 15.0 Å². The van der Waals surface area contributed by atoms with Gasteiger partial charge in [0.2, 0.25) is 0 Å². The van der Waals surface area contributed by atoms with Gasteiger partial charge < -0.3 is 4.57 Å². The summed E-state index contributed by atoms with van der Waals surface area (Å²) in [7, 11) is 0. The molecular formula is C19H19BrN4OS. The van der Waals surface area contributed by atoms with Crippen molar-refractivity contribution in [2.24, 2.45) is 5.10 Å². The lowest BCUT2D eigenvalue weighted by Crippen LogP contribution is -2.21. The fourth-order valence-electron chi connectivity index (χ4n) is 2.56. The van der Waals surface area contributed by atoms with Gasteiger partial charge in [0.05, 0.1) is 22.5 Å². The van der Waals surface area contributed by atoms with Crippen LogP contribution in [0.1, 0.15) is 19.4 Å². The lowest BCUT2D eigenvalue weighted by molar-refractivity contribution is -0.118. The number of carbonyl (C=O) groups excluding carboxylic acids is 1. The number of para-hydroxylation sites is 2. The van der Waals surface area contributed by atoms with Gasteiger partial charge in [-0.25, -0.2) is 10.4 Å². The van der Waals surface area contributed by atoms with Crippen LogP contribution in [0.3, 0.4) is 0 Å². The Morgan fingerprint density at radius 1 is 1.27 bits per heavy atom. The van der Waals surface area contributed by atoms with Crippen LogP contribution in [0.15, 0.2) is 63.3 Å². The van der Waals surface area contributed by atoms with Crippen LogP contribution in [0.25, 0.3) is 11.0 Å². The Balaban J connectivity index is 1.63. The molecule has 0 atom stereocenters. The van der Waals surface area contributed by atoms with Crippen LogP contribution in [0.4, 0.5) is 0 Å². The average molecular weight is 431 g/mol. The molecule has 0 saturated heterocycles. The van der Waals surface area contributed by atoms with E-state index >= 15 is 0 Å². The third-order valence-electron chi connectivity index (χ3n) is 3.86. The SMILES string of the molecule is CCn1c(SCC(=O)N/N=C(\C)c2cccc(Br)c2)nc2ccccc21. The molecule has 1 aromatic heterocycles. The van der Waals surface area contributed by atoms with Crippen LogP contribution < -0.4 is 5.43 Å². The van der Waals surface area contributed by atoms with Gasteiger partial charge in [-0.15, -0.1) is 0 Å². The average Bonchev–Trinajstić information content (AvgIpc) is 3.01. The van der Waals surface area contributed by atoms with Gasteiger partial charge in [-0.05, 0) is 43.7 Å². The molecule has 0 radical (unpaired) electrons. The molecular weight excluding hydrogens is 412 g/mol. The number of halogens is 1. The molecule has 1 heterocycles. The number of carbonyl (C=O) groups is 1. The normalized spacial score (nSPS) is 11.7. The molecule has 0 spiro atoms. The zero-order valence-corrected chi connectivity index (χ0v) is 17.0. The molecule has 2 aromatic carbocycles. The van der Waals surface area contributed by atoms with E-state index in [0.717, 1.165) is 38.5 Å². The summed E-state index contributed by atoms with van der Waals surface area (Å²) in [6.45, 7) is 4.75. The first-order valence-corrected chi connectivity index (χ1v) is 10.0. The fourth-order valence-corrected chi connectivity index (χ4v) is 3.83. The number of nitrogens with one attached hydrogen (secondary N) is 1. The minimum Gasteiger partial charge on any atom is -0.319 e. The summed E-state index contributed by atoms with van der Waals surface area (Å²) >= 11 is 4.85. The first-order chi connectivity index (χ1) is 12.6. The van der Waals surface area contributed by atoms with Crippen molar-refractivity contribution in [3.8, 4) is 0 Å². The van der Waals surface area contributed by atoms with E-state index in [1.807, 2.05) is 55.5 Å². The number of hydrogen-bond acceptors (Lipinski definition) is 4. The highest BCUT2D eigenvalue weighted by Gasteiger charge is 2.11. The first kappa shape index (κ1) is 18.7. The Hall–Kier alpha value is -2.12. The van der Waals surface area contributed by atoms with Crippen molar-refractivity contribution >= 4 is 50.3 Å². The van der Waals surface area contributed by atoms with Gasteiger partial charge in [0.25, 0.3) is 5.91 Å². The molecule has 0 fully saturated rings. The smallest absolute Gasteiger partial charge is 0.250 e. The molecule has 26 heavy (non-hydrogen) atoms. The molecule has 134 valence electrons. The Bertz CT molecular complexity index is 967. The summed E-state index contributed by atoms with van der Waals surface area (Å²) in [5.74, 6) is 0.109. The molecule has 5 nitrogen and oxygen atoms in total. The molecule has 3 rings (SSSR count). The van der Waals surface area contributed by atoms with Crippen LogP contribution in [0.2, 0.25) is 0 Å². The third-order valence-corrected chi connectivity index (χ3v) is 5.33. The molecule has 7 heteroatoms. The maximum absolute atomic E-state index is 12.1. The van der Waals surface area contributed by atoms with Gasteiger partial charge in [-0.1, -0.05) is 52.0 Å². The van der Waals surface area contributed by atoms with Gasteiger partial charge in [0.1, 0.15) is 0 Å². The zero-order valence-electron chi connectivity index (χ0n) is 14.6. The van der Waals surface area contributed by atoms with Crippen molar-refractivity contribution < 1.29 is 4.79 Å². The standard InChI is InChI=1S/C19H19BrN4OS/c1-3-24-17-10-5-4-9-16(17)21-19(24)26-12-18(25)23-22-13(2)14-7-6-8-15(20)11-14/h4-11H,3,12H2,1-2H3,(H,23,25)/b22-13+. The topological polar surface area (TPSA) is 59.3 Å². The summed E-state index contributed by atoms with van der Waals surface area (Å²) in [5, 5.41) is 5.03. The highest BCUT2D eigenvalue weighted by atomic mass is 79.9. The second kappa shape index (κ2) is 8.51. The van der Waals surface area contributed by atoms with Gasteiger partial charge in [0.15, 0.2) is 5.16 Å². The number of aryl methyl sites for hydroxylation is 1.